The van der Waals surface area contributed by atoms with Crippen LogP contribution in [0.3, 0.4) is 0 Å². The molecule has 3 nitrogen and oxygen atoms in total. The van der Waals surface area contributed by atoms with Crippen molar-refractivity contribution in [3.8, 4) is 0 Å². The Kier molecular flexibility index (Phi) is 29.1. The fraction of sp³-hybridized carbons (Fsp3) is 0.744. The number of rotatable bonds is 32. The SMILES string of the molecule is CC/C=C\C/C=C\C/C=C\CCCCCCCCC1C(CCCCCCC/C=C\C/C=C\CCCCC)C1OC(=O)CCN(C)C. The summed E-state index contributed by atoms with van der Waals surface area (Å²) in [4.78, 5) is 14.5. The van der Waals surface area contributed by atoms with E-state index in [9.17, 15) is 4.79 Å². The van der Waals surface area contributed by atoms with Crippen LogP contribution in [0.25, 0.3) is 0 Å². The van der Waals surface area contributed by atoms with Crippen LogP contribution < -0.4 is 0 Å². The third-order valence-electron chi connectivity index (χ3n) is 9.21. The highest BCUT2D eigenvalue weighted by Gasteiger charge is 2.51. The van der Waals surface area contributed by atoms with E-state index in [0.29, 0.717) is 18.3 Å². The van der Waals surface area contributed by atoms with Crippen molar-refractivity contribution in [2.75, 3.05) is 20.6 Å². The number of allylic oxidation sites excluding steroid dienone is 10. The lowest BCUT2D eigenvalue weighted by atomic mass is 10.0. The average molecular weight is 638 g/mol. The first-order chi connectivity index (χ1) is 22.6. The third-order valence-corrected chi connectivity index (χ3v) is 9.21. The number of hydrogen-bond donors (Lipinski definition) is 0. The largest absolute Gasteiger partial charge is 0.462 e. The zero-order valence-electron chi connectivity index (χ0n) is 30.9. The van der Waals surface area contributed by atoms with Crippen LogP contribution in [0.15, 0.2) is 60.8 Å². The van der Waals surface area contributed by atoms with E-state index < -0.39 is 0 Å². The quantitative estimate of drug-likeness (QED) is 0.0417. The molecular weight excluding hydrogens is 562 g/mol. The van der Waals surface area contributed by atoms with Crippen LogP contribution in [0, 0.1) is 11.8 Å². The second-order valence-electron chi connectivity index (χ2n) is 13.8. The molecule has 0 aromatic heterocycles. The maximum Gasteiger partial charge on any atom is 0.307 e. The van der Waals surface area contributed by atoms with Crippen molar-refractivity contribution < 1.29 is 9.53 Å². The molecule has 3 heteroatoms. The van der Waals surface area contributed by atoms with Gasteiger partial charge in [-0.25, -0.2) is 0 Å². The second kappa shape index (κ2) is 31.7. The summed E-state index contributed by atoms with van der Waals surface area (Å²) in [6, 6.07) is 0. The molecule has 0 amide bonds. The predicted molar refractivity (Wildman–Crippen MR) is 203 cm³/mol. The Morgan fingerprint density at radius 2 is 0.957 bits per heavy atom. The minimum absolute atomic E-state index is 0.000406. The summed E-state index contributed by atoms with van der Waals surface area (Å²) >= 11 is 0. The molecule has 46 heavy (non-hydrogen) atoms. The zero-order valence-corrected chi connectivity index (χ0v) is 30.9. The van der Waals surface area contributed by atoms with Gasteiger partial charge in [0.2, 0.25) is 0 Å². The van der Waals surface area contributed by atoms with Crippen molar-refractivity contribution in [2.45, 2.75) is 174 Å². The number of carbonyl (C=O) groups excluding carboxylic acids is 1. The van der Waals surface area contributed by atoms with Gasteiger partial charge in [0.1, 0.15) is 6.10 Å². The highest BCUT2D eigenvalue weighted by atomic mass is 16.5. The van der Waals surface area contributed by atoms with Gasteiger partial charge in [0.05, 0.1) is 6.42 Å². The minimum Gasteiger partial charge on any atom is -0.462 e. The molecule has 1 fully saturated rings. The molecule has 0 spiro atoms. The number of nitrogens with zero attached hydrogens (tertiary/aromatic N) is 1. The topological polar surface area (TPSA) is 29.5 Å². The number of hydrogen-bond acceptors (Lipinski definition) is 3. The lowest BCUT2D eigenvalue weighted by molar-refractivity contribution is -0.146. The van der Waals surface area contributed by atoms with Gasteiger partial charge in [0, 0.05) is 18.4 Å². The Labute approximate surface area is 287 Å². The van der Waals surface area contributed by atoms with Gasteiger partial charge in [0.15, 0.2) is 0 Å². The fourth-order valence-electron chi connectivity index (χ4n) is 6.23. The molecule has 264 valence electrons. The van der Waals surface area contributed by atoms with Gasteiger partial charge in [-0.1, -0.05) is 145 Å². The Morgan fingerprint density at radius 1 is 0.543 bits per heavy atom. The van der Waals surface area contributed by atoms with E-state index in [0.717, 1.165) is 32.2 Å². The minimum atomic E-state index is 0.000406. The molecule has 1 aliphatic carbocycles. The highest BCUT2D eigenvalue weighted by molar-refractivity contribution is 5.70. The van der Waals surface area contributed by atoms with Crippen molar-refractivity contribution in [1.29, 1.82) is 0 Å². The van der Waals surface area contributed by atoms with Crippen LogP contribution in [0.2, 0.25) is 0 Å². The van der Waals surface area contributed by atoms with Crippen LogP contribution in [0.4, 0.5) is 0 Å². The number of unbranched alkanes of at least 4 members (excludes halogenated alkanes) is 14. The summed E-state index contributed by atoms with van der Waals surface area (Å²) in [6.45, 7) is 5.21. The summed E-state index contributed by atoms with van der Waals surface area (Å²) in [5.74, 6) is 1.21. The Balaban J connectivity index is 2.15. The Hall–Kier alpha value is -1.87. The molecule has 0 N–H and O–H groups in total. The normalized spacial score (nSPS) is 18.5. The Morgan fingerprint density at radius 3 is 1.41 bits per heavy atom. The summed E-state index contributed by atoms with van der Waals surface area (Å²) in [5, 5.41) is 0. The van der Waals surface area contributed by atoms with Crippen LogP contribution in [-0.2, 0) is 9.53 Å². The lowest BCUT2D eigenvalue weighted by Crippen LogP contribution is -2.19. The molecule has 3 atom stereocenters. The molecule has 0 heterocycles. The summed E-state index contributed by atoms with van der Waals surface area (Å²) in [6.07, 6.45) is 52.7. The van der Waals surface area contributed by atoms with Crippen molar-refractivity contribution in [3.05, 3.63) is 60.8 Å². The van der Waals surface area contributed by atoms with Gasteiger partial charge in [-0.3, -0.25) is 4.79 Å². The second-order valence-corrected chi connectivity index (χ2v) is 13.8. The molecule has 1 aliphatic rings. The van der Waals surface area contributed by atoms with Crippen molar-refractivity contribution >= 4 is 5.97 Å². The van der Waals surface area contributed by atoms with E-state index in [4.69, 9.17) is 4.74 Å². The molecule has 0 aromatic carbocycles. The first-order valence-corrected chi connectivity index (χ1v) is 19.7. The summed E-state index contributed by atoms with van der Waals surface area (Å²) < 4.78 is 6.00. The number of ether oxygens (including phenoxy) is 1. The van der Waals surface area contributed by atoms with Crippen molar-refractivity contribution in [3.63, 3.8) is 0 Å². The summed E-state index contributed by atoms with van der Waals surface area (Å²) in [5.41, 5.74) is 0. The smallest absolute Gasteiger partial charge is 0.307 e. The monoisotopic (exact) mass is 638 g/mol. The number of carbonyl (C=O) groups is 1. The Bertz CT molecular complexity index is 836. The molecular formula is C43H75NO2. The van der Waals surface area contributed by atoms with E-state index >= 15 is 0 Å². The van der Waals surface area contributed by atoms with Crippen LogP contribution in [-0.4, -0.2) is 37.6 Å². The molecule has 0 saturated heterocycles. The summed E-state index contributed by atoms with van der Waals surface area (Å²) in [7, 11) is 4.04. The van der Waals surface area contributed by atoms with Gasteiger partial charge < -0.3 is 9.64 Å². The van der Waals surface area contributed by atoms with Gasteiger partial charge in [-0.05, 0) is 91.1 Å². The maximum absolute atomic E-state index is 12.5. The maximum atomic E-state index is 12.5. The lowest BCUT2D eigenvalue weighted by Gasteiger charge is -2.09. The van der Waals surface area contributed by atoms with E-state index in [1.54, 1.807) is 0 Å². The van der Waals surface area contributed by atoms with Gasteiger partial charge in [0.25, 0.3) is 0 Å². The van der Waals surface area contributed by atoms with E-state index in [2.05, 4.69) is 79.5 Å². The molecule has 0 aromatic rings. The van der Waals surface area contributed by atoms with Crippen LogP contribution in [0.1, 0.15) is 168 Å². The van der Waals surface area contributed by atoms with Crippen molar-refractivity contribution in [1.82, 2.24) is 4.90 Å². The molecule has 1 saturated carbocycles. The average Bonchev–Trinajstić information content (AvgIpc) is 3.70. The molecule has 0 aliphatic heterocycles. The molecule has 3 unspecified atom stereocenters. The third kappa shape index (κ3) is 26.2. The fourth-order valence-corrected chi connectivity index (χ4v) is 6.23. The van der Waals surface area contributed by atoms with Gasteiger partial charge >= 0.3 is 5.97 Å². The van der Waals surface area contributed by atoms with E-state index in [-0.39, 0.29) is 12.1 Å². The van der Waals surface area contributed by atoms with Crippen LogP contribution >= 0.6 is 0 Å². The standard InChI is InChI=1S/C43H75NO2/c1-5-7-9-11-13-15-17-19-21-23-25-27-29-31-33-35-37-41-40(43(41)46-42(45)38-39-44(3)4)36-34-32-30-28-26-24-22-20-18-16-14-12-10-8-6-2/h7,9,13-16,19-22,40-41,43H,5-6,8,10-12,17-18,23-39H2,1-4H3/b9-7-,15-13-,16-14-,21-19-,22-20-. The van der Waals surface area contributed by atoms with Gasteiger partial charge in [-0.2, -0.15) is 0 Å². The van der Waals surface area contributed by atoms with E-state index in [1.807, 2.05) is 14.1 Å². The predicted octanol–water partition coefficient (Wildman–Crippen LogP) is 12.9. The van der Waals surface area contributed by atoms with Crippen LogP contribution in [0.5, 0.6) is 0 Å². The molecule has 0 bridgehead atoms. The van der Waals surface area contributed by atoms with E-state index in [1.165, 1.54) is 122 Å². The van der Waals surface area contributed by atoms with Crippen molar-refractivity contribution in [2.24, 2.45) is 11.8 Å². The zero-order chi connectivity index (χ0) is 33.3. The van der Waals surface area contributed by atoms with Gasteiger partial charge in [-0.15, -0.1) is 0 Å². The molecule has 0 radical (unpaired) electrons. The highest BCUT2D eigenvalue weighted by Crippen LogP contribution is 2.48. The number of esters is 1. The first kappa shape index (κ1) is 42.2. The molecule has 1 rings (SSSR count). The first-order valence-electron chi connectivity index (χ1n) is 19.7.